The summed E-state index contributed by atoms with van der Waals surface area (Å²) in [6.07, 6.45) is 4.42. The summed E-state index contributed by atoms with van der Waals surface area (Å²) in [5.74, 6) is 0.368. The van der Waals surface area contributed by atoms with E-state index in [0.717, 1.165) is 52.0 Å². The van der Waals surface area contributed by atoms with Gasteiger partial charge in [-0.15, -0.1) is 0 Å². The number of hydrogen-bond acceptors (Lipinski definition) is 4. The Labute approximate surface area is 143 Å². The average Bonchev–Trinajstić information content (AvgIpc) is 2.62. The van der Waals surface area contributed by atoms with Gasteiger partial charge in [0, 0.05) is 38.4 Å². The third kappa shape index (κ3) is 4.06. The van der Waals surface area contributed by atoms with Gasteiger partial charge in [0.1, 0.15) is 5.82 Å². The maximum atomic E-state index is 14.3. The molecule has 0 spiro atoms. The maximum Gasteiger partial charge on any atom is 0.147 e. The highest BCUT2D eigenvalue weighted by Gasteiger charge is 2.26. The molecule has 0 bridgehead atoms. The molecule has 24 heavy (non-hydrogen) atoms. The van der Waals surface area contributed by atoms with Crippen LogP contribution < -0.4 is 10.2 Å². The molecule has 2 saturated heterocycles. The SMILES string of the molecule is C[C@H](N[C@@H]1CCCN(c2ccc(C#N)cc2F)C1)C1CCOCC1. The zero-order valence-corrected chi connectivity index (χ0v) is 14.3. The fourth-order valence-electron chi connectivity index (χ4n) is 3.89. The number of ether oxygens (including phenoxy) is 1. The van der Waals surface area contributed by atoms with E-state index < -0.39 is 0 Å². The van der Waals surface area contributed by atoms with Crippen molar-refractivity contribution in [3.63, 3.8) is 0 Å². The molecule has 1 aromatic rings. The summed E-state index contributed by atoms with van der Waals surface area (Å²) in [6, 6.07) is 7.59. The lowest BCUT2D eigenvalue weighted by Crippen LogP contribution is -2.51. The van der Waals surface area contributed by atoms with Crippen molar-refractivity contribution in [1.82, 2.24) is 5.32 Å². The number of anilines is 1. The minimum Gasteiger partial charge on any atom is -0.381 e. The predicted molar refractivity (Wildman–Crippen MR) is 92.5 cm³/mol. The molecule has 5 heteroatoms. The molecule has 1 N–H and O–H groups in total. The topological polar surface area (TPSA) is 48.3 Å². The minimum atomic E-state index is -0.299. The largest absolute Gasteiger partial charge is 0.381 e. The summed E-state index contributed by atoms with van der Waals surface area (Å²) < 4.78 is 19.7. The summed E-state index contributed by atoms with van der Waals surface area (Å²) in [5.41, 5.74) is 0.982. The molecule has 130 valence electrons. The molecule has 2 heterocycles. The first-order valence-electron chi connectivity index (χ1n) is 8.96. The van der Waals surface area contributed by atoms with Crippen LogP contribution in [0.25, 0.3) is 0 Å². The normalized spacial score (nSPS) is 23.7. The van der Waals surface area contributed by atoms with E-state index in [-0.39, 0.29) is 5.82 Å². The van der Waals surface area contributed by atoms with E-state index in [9.17, 15) is 4.39 Å². The number of rotatable bonds is 4. The quantitative estimate of drug-likeness (QED) is 0.921. The Morgan fingerprint density at radius 2 is 2.12 bits per heavy atom. The molecular weight excluding hydrogens is 305 g/mol. The third-order valence-electron chi connectivity index (χ3n) is 5.31. The molecule has 0 radical (unpaired) electrons. The van der Waals surface area contributed by atoms with Gasteiger partial charge in [0.05, 0.1) is 17.3 Å². The van der Waals surface area contributed by atoms with Crippen molar-refractivity contribution in [1.29, 1.82) is 5.26 Å². The molecule has 0 unspecified atom stereocenters. The van der Waals surface area contributed by atoms with Gasteiger partial charge in [0.25, 0.3) is 0 Å². The lowest BCUT2D eigenvalue weighted by atomic mass is 9.91. The number of benzene rings is 1. The van der Waals surface area contributed by atoms with Gasteiger partial charge in [0.15, 0.2) is 0 Å². The molecular formula is C19H26FN3O. The van der Waals surface area contributed by atoms with Gasteiger partial charge in [-0.1, -0.05) is 0 Å². The second-order valence-electron chi connectivity index (χ2n) is 6.97. The number of nitrogens with one attached hydrogen (secondary N) is 1. The van der Waals surface area contributed by atoms with Crippen LogP contribution in [0.5, 0.6) is 0 Å². The Bertz CT molecular complexity index is 595. The van der Waals surface area contributed by atoms with Gasteiger partial charge in [0.2, 0.25) is 0 Å². The number of nitrogens with zero attached hydrogens (tertiary/aromatic N) is 2. The number of halogens is 1. The van der Waals surface area contributed by atoms with Crippen molar-refractivity contribution >= 4 is 5.69 Å². The fourth-order valence-corrected chi connectivity index (χ4v) is 3.89. The third-order valence-corrected chi connectivity index (χ3v) is 5.31. The van der Waals surface area contributed by atoms with Gasteiger partial charge in [-0.05, 0) is 56.7 Å². The highest BCUT2D eigenvalue weighted by atomic mass is 19.1. The smallest absolute Gasteiger partial charge is 0.147 e. The lowest BCUT2D eigenvalue weighted by molar-refractivity contribution is 0.0541. The van der Waals surface area contributed by atoms with E-state index in [1.165, 1.54) is 6.07 Å². The van der Waals surface area contributed by atoms with E-state index in [4.69, 9.17) is 10.00 Å². The van der Waals surface area contributed by atoms with Crippen molar-refractivity contribution in [2.45, 2.75) is 44.7 Å². The van der Waals surface area contributed by atoms with Gasteiger partial charge in [-0.25, -0.2) is 4.39 Å². The second-order valence-corrected chi connectivity index (χ2v) is 6.97. The zero-order chi connectivity index (χ0) is 16.9. The van der Waals surface area contributed by atoms with Crippen molar-refractivity contribution in [2.75, 3.05) is 31.2 Å². The summed E-state index contributed by atoms with van der Waals surface area (Å²) >= 11 is 0. The zero-order valence-electron chi connectivity index (χ0n) is 14.3. The Kier molecular flexibility index (Phi) is 5.70. The minimum absolute atomic E-state index is 0.299. The van der Waals surface area contributed by atoms with Crippen molar-refractivity contribution in [2.24, 2.45) is 5.92 Å². The van der Waals surface area contributed by atoms with Crippen molar-refractivity contribution in [3.05, 3.63) is 29.6 Å². The Balaban J connectivity index is 1.61. The molecule has 1 aromatic carbocycles. The summed E-state index contributed by atoms with van der Waals surface area (Å²) in [4.78, 5) is 2.11. The number of nitriles is 1. The van der Waals surface area contributed by atoms with E-state index in [1.807, 2.05) is 6.07 Å². The van der Waals surface area contributed by atoms with Crippen LogP contribution in [0.15, 0.2) is 18.2 Å². The van der Waals surface area contributed by atoms with E-state index in [0.29, 0.717) is 29.3 Å². The van der Waals surface area contributed by atoms with Crippen LogP contribution >= 0.6 is 0 Å². The molecule has 2 aliphatic heterocycles. The van der Waals surface area contributed by atoms with Gasteiger partial charge >= 0.3 is 0 Å². The number of piperidine rings is 1. The van der Waals surface area contributed by atoms with Crippen LogP contribution in [0.4, 0.5) is 10.1 Å². The van der Waals surface area contributed by atoms with Gasteiger partial charge in [-0.2, -0.15) is 5.26 Å². The van der Waals surface area contributed by atoms with Crippen LogP contribution in [0.3, 0.4) is 0 Å². The molecule has 0 amide bonds. The highest BCUT2D eigenvalue weighted by Crippen LogP contribution is 2.25. The second kappa shape index (κ2) is 7.96. The van der Waals surface area contributed by atoms with Crippen molar-refractivity contribution < 1.29 is 9.13 Å². The van der Waals surface area contributed by atoms with Gasteiger partial charge in [-0.3, -0.25) is 0 Å². The molecule has 2 atom stereocenters. The molecule has 0 saturated carbocycles. The van der Waals surface area contributed by atoms with Crippen LogP contribution in [0, 0.1) is 23.1 Å². The first-order valence-corrected chi connectivity index (χ1v) is 8.96. The molecule has 2 fully saturated rings. The summed E-state index contributed by atoms with van der Waals surface area (Å²) in [7, 11) is 0. The first kappa shape index (κ1) is 17.2. The standard InChI is InChI=1S/C19H26FN3O/c1-14(16-6-9-24-10-7-16)22-17-3-2-8-23(13-17)19-5-4-15(12-21)11-18(19)20/h4-5,11,14,16-17,22H,2-3,6-10,13H2,1H3/t14-,17+/m0/s1. The van der Waals surface area contributed by atoms with Crippen LogP contribution in [-0.4, -0.2) is 38.4 Å². The maximum absolute atomic E-state index is 14.3. The van der Waals surface area contributed by atoms with Crippen LogP contribution in [-0.2, 0) is 4.74 Å². The molecule has 2 aliphatic rings. The van der Waals surface area contributed by atoms with Gasteiger partial charge < -0.3 is 15.0 Å². The Morgan fingerprint density at radius 3 is 2.83 bits per heavy atom. The molecule has 0 aliphatic carbocycles. The predicted octanol–water partition coefficient (Wildman–Crippen LogP) is 3.07. The van der Waals surface area contributed by atoms with E-state index in [1.54, 1.807) is 12.1 Å². The van der Waals surface area contributed by atoms with E-state index >= 15 is 0 Å². The number of hydrogen-bond donors (Lipinski definition) is 1. The van der Waals surface area contributed by atoms with Crippen LogP contribution in [0.1, 0.15) is 38.2 Å². The first-order chi connectivity index (χ1) is 11.7. The average molecular weight is 331 g/mol. The fraction of sp³-hybridized carbons (Fsp3) is 0.632. The lowest BCUT2D eigenvalue weighted by Gasteiger charge is -2.38. The highest BCUT2D eigenvalue weighted by molar-refractivity contribution is 5.51. The summed E-state index contributed by atoms with van der Waals surface area (Å²) in [5, 5.41) is 12.6. The molecule has 0 aromatic heterocycles. The Hall–Kier alpha value is -1.64. The summed E-state index contributed by atoms with van der Waals surface area (Å²) in [6.45, 7) is 5.67. The molecule has 4 nitrogen and oxygen atoms in total. The Morgan fingerprint density at radius 1 is 1.33 bits per heavy atom. The van der Waals surface area contributed by atoms with E-state index in [2.05, 4.69) is 17.1 Å². The molecule has 3 rings (SSSR count). The van der Waals surface area contributed by atoms with Crippen molar-refractivity contribution in [3.8, 4) is 6.07 Å². The van der Waals surface area contributed by atoms with Crippen LogP contribution in [0.2, 0.25) is 0 Å². The monoisotopic (exact) mass is 331 g/mol.